The Morgan fingerprint density at radius 1 is 1.08 bits per heavy atom. The fraction of sp³-hybridized carbons (Fsp3) is 1.00. The molecule has 1 fully saturated rings. The second-order valence-electron chi connectivity index (χ2n) is 9.32. The van der Waals surface area contributed by atoms with Crippen molar-refractivity contribution < 1.29 is 24.1 Å². The summed E-state index contributed by atoms with van der Waals surface area (Å²) in [6.07, 6.45) is 1.35. The zero-order valence-electron chi connectivity index (χ0n) is 17.7. The van der Waals surface area contributed by atoms with Crippen LogP contribution in [0.25, 0.3) is 0 Å². The van der Waals surface area contributed by atoms with Gasteiger partial charge in [0.25, 0.3) is 0 Å². The van der Waals surface area contributed by atoms with Crippen molar-refractivity contribution in [2.24, 2.45) is 23.2 Å². The van der Waals surface area contributed by atoms with Gasteiger partial charge in [0.05, 0.1) is 0 Å². The second kappa shape index (κ2) is 9.14. The van der Waals surface area contributed by atoms with E-state index < -0.39 is 18.4 Å². The van der Waals surface area contributed by atoms with E-state index >= 15 is 0 Å². The molecule has 5 heteroatoms. The molecule has 1 rings (SSSR count). The van der Waals surface area contributed by atoms with Crippen LogP contribution in [0.5, 0.6) is 0 Å². The van der Waals surface area contributed by atoms with Crippen molar-refractivity contribution in [2.45, 2.75) is 99.3 Å². The van der Waals surface area contributed by atoms with Gasteiger partial charge in [-0.2, -0.15) is 0 Å². The summed E-state index contributed by atoms with van der Waals surface area (Å²) < 4.78 is 23.4. The third-order valence-electron chi connectivity index (χ3n) is 5.08. The molecular weight excluding hydrogens is 320 g/mol. The SMILES string of the molecule is COC1CCC(CC(C)C)C(OC(C)(C)O[C@H](O)C(C)C(C)(C)C)O1. The normalized spacial score (nSPS) is 28.2. The first-order valence-electron chi connectivity index (χ1n) is 9.57. The molecule has 25 heavy (non-hydrogen) atoms. The molecule has 0 aromatic rings. The standard InChI is InChI=1S/C20H40O5/c1-13(2)12-15-10-11-16(22-9)23-18(15)25-20(7,8)24-17(21)14(3)19(4,5)6/h13-18,21H,10-12H2,1-9H3/t14?,15?,16?,17-,18?/m0/s1. The quantitative estimate of drug-likeness (QED) is 0.645. The van der Waals surface area contributed by atoms with E-state index in [4.69, 9.17) is 18.9 Å². The van der Waals surface area contributed by atoms with Gasteiger partial charge in [-0.25, -0.2) is 0 Å². The van der Waals surface area contributed by atoms with Crippen LogP contribution in [0.2, 0.25) is 0 Å². The monoisotopic (exact) mass is 360 g/mol. The summed E-state index contributed by atoms with van der Waals surface area (Å²) in [6.45, 7) is 16.3. The van der Waals surface area contributed by atoms with E-state index in [1.807, 2.05) is 20.8 Å². The number of hydrogen-bond acceptors (Lipinski definition) is 5. The summed E-state index contributed by atoms with van der Waals surface area (Å²) in [4.78, 5) is 0. The van der Waals surface area contributed by atoms with Gasteiger partial charge in [0.15, 0.2) is 24.7 Å². The second-order valence-corrected chi connectivity index (χ2v) is 9.32. The van der Waals surface area contributed by atoms with E-state index in [-0.39, 0.29) is 17.6 Å². The lowest BCUT2D eigenvalue weighted by atomic mass is 9.81. The van der Waals surface area contributed by atoms with Gasteiger partial charge in [0.2, 0.25) is 0 Å². The molecule has 0 bridgehead atoms. The smallest absolute Gasteiger partial charge is 0.169 e. The number of aliphatic hydroxyl groups excluding tert-OH is 1. The van der Waals surface area contributed by atoms with Crippen molar-refractivity contribution in [3.8, 4) is 0 Å². The highest BCUT2D eigenvalue weighted by molar-refractivity contribution is 4.76. The maximum Gasteiger partial charge on any atom is 0.169 e. The van der Waals surface area contributed by atoms with Gasteiger partial charge >= 0.3 is 0 Å². The Labute approximate surface area is 154 Å². The average molecular weight is 361 g/mol. The number of hydrogen-bond donors (Lipinski definition) is 1. The average Bonchev–Trinajstić information content (AvgIpc) is 2.45. The molecule has 1 aliphatic heterocycles. The summed E-state index contributed by atoms with van der Waals surface area (Å²) in [5, 5.41) is 10.5. The summed E-state index contributed by atoms with van der Waals surface area (Å²) in [6, 6.07) is 0. The van der Waals surface area contributed by atoms with Crippen molar-refractivity contribution in [2.75, 3.05) is 7.11 Å². The van der Waals surface area contributed by atoms with Crippen molar-refractivity contribution in [1.82, 2.24) is 0 Å². The summed E-state index contributed by atoms with van der Waals surface area (Å²) in [5.41, 5.74) is -0.0574. The highest BCUT2D eigenvalue weighted by atomic mass is 16.8. The zero-order valence-corrected chi connectivity index (χ0v) is 17.7. The minimum absolute atomic E-state index is 0.0270. The van der Waals surface area contributed by atoms with Crippen molar-refractivity contribution in [1.29, 1.82) is 0 Å². The van der Waals surface area contributed by atoms with E-state index in [1.165, 1.54) is 0 Å². The highest BCUT2D eigenvalue weighted by Gasteiger charge is 2.39. The molecule has 0 radical (unpaired) electrons. The molecule has 0 amide bonds. The topological polar surface area (TPSA) is 57.2 Å². The van der Waals surface area contributed by atoms with Gasteiger partial charge in [-0.3, -0.25) is 0 Å². The molecule has 0 aromatic carbocycles. The first-order chi connectivity index (χ1) is 11.4. The minimum Gasteiger partial charge on any atom is -0.368 e. The molecule has 4 unspecified atom stereocenters. The lowest BCUT2D eigenvalue weighted by molar-refractivity contribution is -0.378. The molecule has 150 valence electrons. The van der Waals surface area contributed by atoms with Crippen molar-refractivity contribution >= 4 is 0 Å². The lowest BCUT2D eigenvalue weighted by Crippen LogP contribution is -2.47. The van der Waals surface area contributed by atoms with Gasteiger partial charge in [-0.05, 0) is 44.4 Å². The van der Waals surface area contributed by atoms with Crippen molar-refractivity contribution in [3.05, 3.63) is 0 Å². The van der Waals surface area contributed by atoms with E-state index in [2.05, 4.69) is 34.6 Å². The van der Waals surface area contributed by atoms with Gasteiger partial charge in [-0.1, -0.05) is 41.5 Å². The maximum absolute atomic E-state index is 10.5. The van der Waals surface area contributed by atoms with E-state index in [1.54, 1.807) is 7.11 Å². The van der Waals surface area contributed by atoms with Crippen LogP contribution < -0.4 is 0 Å². The highest BCUT2D eigenvalue weighted by Crippen LogP contribution is 2.35. The van der Waals surface area contributed by atoms with E-state index in [0.717, 1.165) is 19.3 Å². The minimum atomic E-state index is -0.950. The Hall–Kier alpha value is -0.200. The first kappa shape index (κ1) is 22.8. The van der Waals surface area contributed by atoms with Crippen LogP contribution in [0.4, 0.5) is 0 Å². The third kappa shape index (κ3) is 7.51. The fourth-order valence-electron chi connectivity index (χ4n) is 3.07. The van der Waals surface area contributed by atoms with Crippen LogP contribution in [0.1, 0.15) is 74.7 Å². The zero-order chi connectivity index (χ0) is 19.4. The Morgan fingerprint density at radius 2 is 1.68 bits per heavy atom. The Kier molecular flexibility index (Phi) is 8.35. The number of aliphatic hydroxyl groups is 1. The van der Waals surface area contributed by atoms with Crippen molar-refractivity contribution in [3.63, 3.8) is 0 Å². The van der Waals surface area contributed by atoms with Gasteiger partial charge in [0.1, 0.15) is 0 Å². The predicted octanol–water partition coefficient (Wildman–Crippen LogP) is 4.53. The lowest BCUT2D eigenvalue weighted by Gasteiger charge is -2.42. The molecule has 1 saturated heterocycles. The van der Waals surface area contributed by atoms with Crippen LogP contribution in [0.15, 0.2) is 0 Å². The molecule has 5 atom stereocenters. The number of methoxy groups -OCH3 is 1. The third-order valence-corrected chi connectivity index (χ3v) is 5.08. The molecule has 0 spiro atoms. The van der Waals surface area contributed by atoms with Crippen LogP contribution in [0, 0.1) is 23.2 Å². The van der Waals surface area contributed by atoms with Crippen LogP contribution >= 0.6 is 0 Å². The Bertz CT molecular complexity index is 388. The van der Waals surface area contributed by atoms with Crippen LogP contribution in [-0.4, -0.2) is 36.9 Å². The van der Waals surface area contributed by atoms with E-state index in [0.29, 0.717) is 11.8 Å². The Balaban J connectivity index is 2.75. The molecule has 1 heterocycles. The van der Waals surface area contributed by atoms with Gasteiger partial charge in [0, 0.05) is 18.9 Å². The van der Waals surface area contributed by atoms with Gasteiger partial charge in [-0.15, -0.1) is 0 Å². The first-order valence-corrected chi connectivity index (χ1v) is 9.57. The predicted molar refractivity (Wildman–Crippen MR) is 98.7 cm³/mol. The van der Waals surface area contributed by atoms with E-state index in [9.17, 15) is 5.11 Å². The maximum atomic E-state index is 10.5. The summed E-state index contributed by atoms with van der Waals surface area (Å²) in [7, 11) is 1.65. The van der Waals surface area contributed by atoms with Gasteiger partial charge < -0.3 is 24.1 Å². The van der Waals surface area contributed by atoms with Crippen LogP contribution in [-0.2, 0) is 18.9 Å². The largest absolute Gasteiger partial charge is 0.368 e. The summed E-state index contributed by atoms with van der Waals surface area (Å²) in [5.74, 6) is -0.115. The molecule has 0 aliphatic carbocycles. The number of ether oxygens (including phenoxy) is 4. The molecular formula is C20H40O5. The number of rotatable bonds is 8. The Morgan fingerprint density at radius 3 is 2.16 bits per heavy atom. The fourth-order valence-corrected chi connectivity index (χ4v) is 3.07. The summed E-state index contributed by atoms with van der Waals surface area (Å²) >= 11 is 0. The molecule has 1 aliphatic rings. The molecule has 0 saturated carbocycles. The molecule has 1 N–H and O–H groups in total. The molecule has 5 nitrogen and oxygen atoms in total. The van der Waals surface area contributed by atoms with Crippen LogP contribution in [0.3, 0.4) is 0 Å². The molecule has 0 aromatic heterocycles.